The predicted molar refractivity (Wildman–Crippen MR) is 121 cm³/mol. The zero-order valence-electron chi connectivity index (χ0n) is 18.1. The van der Waals surface area contributed by atoms with Crippen molar-refractivity contribution in [1.82, 2.24) is 4.57 Å². The molecule has 0 aliphatic carbocycles. The molecule has 0 saturated carbocycles. The van der Waals surface area contributed by atoms with Crippen LogP contribution in [0.15, 0.2) is 69.2 Å². The number of benzene rings is 2. The van der Waals surface area contributed by atoms with Crippen molar-refractivity contribution in [2.75, 3.05) is 5.32 Å². The molecule has 0 aliphatic rings. The van der Waals surface area contributed by atoms with Gasteiger partial charge in [-0.1, -0.05) is 42.8 Å². The number of rotatable bonds is 6. The van der Waals surface area contributed by atoms with E-state index in [0.29, 0.717) is 16.9 Å². The van der Waals surface area contributed by atoms with Crippen molar-refractivity contribution in [2.45, 2.75) is 50.5 Å². The highest BCUT2D eigenvalue weighted by atomic mass is 32.2. The van der Waals surface area contributed by atoms with Gasteiger partial charge in [0.2, 0.25) is 15.7 Å². The minimum absolute atomic E-state index is 0.0510. The molecule has 0 radical (unpaired) electrons. The van der Waals surface area contributed by atoms with E-state index in [1.54, 1.807) is 38.1 Å². The van der Waals surface area contributed by atoms with Crippen molar-refractivity contribution in [3.8, 4) is 0 Å². The van der Waals surface area contributed by atoms with Crippen LogP contribution in [0.3, 0.4) is 0 Å². The van der Waals surface area contributed by atoms with Gasteiger partial charge >= 0.3 is 0 Å². The largest absolute Gasteiger partial charge is 0.324 e. The molecule has 0 aliphatic heterocycles. The maximum Gasteiger partial charge on any atom is 0.270 e. The van der Waals surface area contributed by atoms with Crippen LogP contribution in [0.2, 0.25) is 0 Å². The van der Waals surface area contributed by atoms with E-state index >= 15 is 0 Å². The van der Waals surface area contributed by atoms with E-state index in [1.165, 1.54) is 16.7 Å². The molecule has 0 spiro atoms. The second-order valence-electron chi connectivity index (χ2n) is 7.56. The SMILES string of the molecule is CCc1ccccc1NC(=O)Cn1c(C)cc(C)c(S(=O)(=O)c2ccc(C)cc2)c1=O. The van der Waals surface area contributed by atoms with Gasteiger partial charge < -0.3 is 9.88 Å². The number of hydrogen-bond acceptors (Lipinski definition) is 4. The molecule has 1 amide bonds. The number of carbonyl (C=O) groups excluding carboxylic acids is 1. The minimum atomic E-state index is -4.03. The first-order valence-corrected chi connectivity index (χ1v) is 11.5. The Morgan fingerprint density at radius 2 is 1.65 bits per heavy atom. The Labute approximate surface area is 182 Å². The van der Waals surface area contributed by atoms with Gasteiger partial charge in [-0.05, 0) is 62.6 Å². The summed E-state index contributed by atoms with van der Waals surface area (Å²) >= 11 is 0. The molecule has 0 atom stereocenters. The summed E-state index contributed by atoms with van der Waals surface area (Å²) in [7, 11) is -4.03. The Hall–Kier alpha value is -3.19. The first-order chi connectivity index (χ1) is 14.6. The summed E-state index contributed by atoms with van der Waals surface area (Å²) in [6, 6.07) is 15.4. The van der Waals surface area contributed by atoms with Crippen molar-refractivity contribution in [3.63, 3.8) is 0 Å². The first-order valence-electron chi connectivity index (χ1n) is 10.1. The fraction of sp³-hybridized carbons (Fsp3) is 0.250. The molecular formula is C24H26N2O4S. The van der Waals surface area contributed by atoms with Crippen LogP contribution in [0.4, 0.5) is 5.69 Å². The second kappa shape index (κ2) is 8.89. The van der Waals surface area contributed by atoms with Crippen LogP contribution in [0.1, 0.15) is 29.3 Å². The average molecular weight is 439 g/mol. The van der Waals surface area contributed by atoms with Crippen molar-refractivity contribution in [2.24, 2.45) is 0 Å². The molecular weight excluding hydrogens is 412 g/mol. The molecule has 1 N–H and O–H groups in total. The molecule has 1 heterocycles. The smallest absolute Gasteiger partial charge is 0.270 e. The fourth-order valence-electron chi connectivity index (χ4n) is 3.55. The van der Waals surface area contributed by atoms with E-state index in [-0.39, 0.29) is 16.3 Å². The lowest BCUT2D eigenvalue weighted by Crippen LogP contribution is -2.33. The molecule has 2 aromatic carbocycles. The van der Waals surface area contributed by atoms with E-state index in [4.69, 9.17) is 0 Å². The number of carbonyl (C=O) groups is 1. The Bertz CT molecular complexity index is 1290. The van der Waals surface area contributed by atoms with Crippen LogP contribution in [-0.2, 0) is 27.6 Å². The summed E-state index contributed by atoms with van der Waals surface area (Å²) in [5.41, 5.74) is 2.75. The van der Waals surface area contributed by atoms with Crippen LogP contribution < -0.4 is 10.9 Å². The van der Waals surface area contributed by atoms with Crippen LogP contribution in [0.25, 0.3) is 0 Å². The minimum Gasteiger partial charge on any atom is -0.324 e. The number of hydrogen-bond donors (Lipinski definition) is 1. The number of aromatic nitrogens is 1. The molecule has 3 rings (SSSR count). The molecule has 6 nitrogen and oxygen atoms in total. The third-order valence-corrected chi connectivity index (χ3v) is 7.15. The number of aryl methyl sites for hydroxylation is 4. The zero-order valence-corrected chi connectivity index (χ0v) is 18.9. The number of nitrogens with zero attached hydrogens (tertiary/aromatic N) is 1. The quantitative estimate of drug-likeness (QED) is 0.634. The molecule has 0 fully saturated rings. The Morgan fingerprint density at radius 1 is 1.00 bits per heavy atom. The maximum atomic E-state index is 13.2. The van der Waals surface area contributed by atoms with Gasteiger partial charge in [0.1, 0.15) is 11.4 Å². The number of pyridine rings is 1. The van der Waals surface area contributed by atoms with E-state index in [2.05, 4.69) is 5.32 Å². The molecule has 162 valence electrons. The summed E-state index contributed by atoms with van der Waals surface area (Å²) in [5.74, 6) is -0.395. The van der Waals surface area contributed by atoms with E-state index in [0.717, 1.165) is 17.5 Å². The van der Waals surface area contributed by atoms with E-state index in [1.807, 2.05) is 32.0 Å². The van der Waals surface area contributed by atoms with Gasteiger partial charge in [-0.2, -0.15) is 0 Å². The summed E-state index contributed by atoms with van der Waals surface area (Å²) in [6.07, 6.45) is 0.749. The highest BCUT2D eigenvalue weighted by Gasteiger charge is 2.26. The van der Waals surface area contributed by atoms with Crippen LogP contribution >= 0.6 is 0 Å². The number of para-hydroxylation sites is 1. The topological polar surface area (TPSA) is 85.2 Å². The molecule has 7 heteroatoms. The van der Waals surface area contributed by atoms with Gasteiger partial charge in [0.05, 0.1) is 4.90 Å². The Balaban J connectivity index is 2.00. The van der Waals surface area contributed by atoms with Gasteiger partial charge in [-0.25, -0.2) is 8.42 Å². The van der Waals surface area contributed by atoms with Gasteiger partial charge in [0.25, 0.3) is 5.56 Å². The highest BCUT2D eigenvalue weighted by Crippen LogP contribution is 2.22. The standard InChI is InChI=1S/C24H26N2O4S/c1-5-19-8-6-7-9-21(19)25-22(27)15-26-18(4)14-17(3)23(24(26)28)31(29,30)20-12-10-16(2)11-13-20/h6-14H,5,15H2,1-4H3,(H,25,27). The van der Waals surface area contributed by atoms with Crippen molar-refractivity contribution < 1.29 is 13.2 Å². The number of anilines is 1. The Kier molecular flexibility index (Phi) is 6.45. The summed E-state index contributed by atoms with van der Waals surface area (Å²) in [4.78, 5) is 25.6. The monoisotopic (exact) mass is 438 g/mol. The van der Waals surface area contributed by atoms with Crippen molar-refractivity contribution in [3.05, 3.63) is 87.3 Å². The van der Waals surface area contributed by atoms with Crippen LogP contribution in [-0.4, -0.2) is 18.9 Å². The van der Waals surface area contributed by atoms with Gasteiger partial charge in [0, 0.05) is 11.4 Å². The summed E-state index contributed by atoms with van der Waals surface area (Å²) in [6.45, 7) is 6.85. The average Bonchev–Trinajstić information content (AvgIpc) is 2.71. The highest BCUT2D eigenvalue weighted by molar-refractivity contribution is 7.91. The summed E-state index contributed by atoms with van der Waals surface area (Å²) < 4.78 is 27.6. The van der Waals surface area contributed by atoms with Gasteiger partial charge in [0.15, 0.2) is 0 Å². The number of amides is 1. The Morgan fingerprint density at radius 3 is 2.29 bits per heavy atom. The maximum absolute atomic E-state index is 13.2. The predicted octanol–water partition coefficient (Wildman–Crippen LogP) is 3.81. The number of sulfone groups is 1. The second-order valence-corrected chi connectivity index (χ2v) is 9.45. The lowest BCUT2D eigenvalue weighted by atomic mass is 10.1. The third kappa shape index (κ3) is 4.61. The van der Waals surface area contributed by atoms with Crippen LogP contribution in [0, 0.1) is 20.8 Å². The third-order valence-electron chi connectivity index (χ3n) is 5.22. The molecule has 31 heavy (non-hydrogen) atoms. The zero-order chi connectivity index (χ0) is 22.8. The number of nitrogens with one attached hydrogen (secondary N) is 1. The van der Waals surface area contributed by atoms with E-state index in [9.17, 15) is 18.0 Å². The van der Waals surface area contributed by atoms with Crippen molar-refractivity contribution >= 4 is 21.4 Å². The molecule has 0 unspecified atom stereocenters. The first kappa shape index (κ1) is 22.5. The lowest BCUT2D eigenvalue weighted by Gasteiger charge is -2.16. The lowest BCUT2D eigenvalue weighted by molar-refractivity contribution is -0.116. The summed E-state index contributed by atoms with van der Waals surface area (Å²) in [5, 5.41) is 2.83. The van der Waals surface area contributed by atoms with Gasteiger partial charge in [-0.15, -0.1) is 0 Å². The normalized spacial score (nSPS) is 11.4. The fourth-order valence-corrected chi connectivity index (χ4v) is 5.10. The molecule has 3 aromatic rings. The molecule has 1 aromatic heterocycles. The molecule has 0 saturated heterocycles. The van der Waals surface area contributed by atoms with Crippen LogP contribution in [0.5, 0.6) is 0 Å². The van der Waals surface area contributed by atoms with Gasteiger partial charge in [-0.3, -0.25) is 9.59 Å². The molecule has 0 bridgehead atoms. The van der Waals surface area contributed by atoms with E-state index < -0.39 is 21.3 Å². The van der Waals surface area contributed by atoms with Crippen molar-refractivity contribution in [1.29, 1.82) is 0 Å².